The van der Waals surface area contributed by atoms with E-state index in [1.54, 1.807) is 6.26 Å². The number of hydrogen-bond acceptors (Lipinski definition) is 4. The Morgan fingerprint density at radius 2 is 2.29 bits per heavy atom. The summed E-state index contributed by atoms with van der Waals surface area (Å²) < 4.78 is 10.6. The molecule has 0 fully saturated rings. The van der Waals surface area contributed by atoms with E-state index in [1.165, 1.54) is 9.75 Å². The molecule has 0 aliphatic rings. The van der Waals surface area contributed by atoms with Gasteiger partial charge in [0.15, 0.2) is 0 Å². The fraction of sp³-hybridized carbons (Fsp3) is 0.385. The molecule has 92 valence electrons. The number of thiophene rings is 1. The molecule has 0 saturated carbocycles. The van der Waals surface area contributed by atoms with E-state index in [9.17, 15) is 0 Å². The highest BCUT2D eigenvalue weighted by Gasteiger charge is 1.97. The van der Waals surface area contributed by atoms with Gasteiger partial charge in [0.25, 0.3) is 0 Å². The van der Waals surface area contributed by atoms with Gasteiger partial charge in [-0.2, -0.15) is 0 Å². The maximum atomic E-state index is 5.47. The zero-order valence-corrected chi connectivity index (χ0v) is 10.8. The van der Waals surface area contributed by atoms with E-state index in [2.05, 4.69) is 24.4 Å². The van der Waals surface area contributed by atoms with Gasteiger partial charge in [-0.15, -0.1) is 11.3 Å². The third-order valence-electron chi connectivity index (χ3n) is 2.34. The predicted octanol–water partition coefficient (Wildman–Crippen LogP) is 2.96. The Hall–Kier alpha value is -1.10. The fourth-order valence-corrected chi connectivity index (χ4v) is 2.36. The number of hydrogen-bond donors (Lipinski definition) is 1. The van der Waals surface area contributed by atoms with Crippen LogP contribution in [0.1, 0.15) is 15.5 Å². The van der Waals surface area contributed by atoms with E-state index in [4.69, 9.17) is 9.15 Å². The number of ether oxygens (including phenoxy) is 1. The molecule has 2 rings (SSSR count). The van der Waals surface area contributed by atoms with E-state index in [0.29, 0.717) is 13.2 Å². The van der Waals surface area contributed by atoms with Crippen molar-refractivity contribution in [1.29, 1.82) is 0 Å². The molecule has 2 heterocycles. The van der Waals surface area contributed by atoms with Gasteiger partial charge in [0.1, 0.15) is 12.4 Å². The maximum Gasteiger partial charge on any atom is 0.129 e. The van der Waals surface area contributed by atoms with Crippen molar-refractivity contribution in [3.05, 3.63) is 46.0 Å². The van der Waals surface area contributed by atoms with Crippen LogP contribution in [0.2, 0.25) is 0 Å². The first kappa shape index (κ1) is 12.4. The molecule has 1 N–H and O–H groups in total. The van der Waals surface area contributed by atoms with Gasteiger partial charge in [-0.05, 0) is 31.2 Å². The molecule has 0 bridgehead atoms. The Morgan fingerprint density at radius 3 is 3.00 bits per heavy atom. The van der Waals surface area contributed by atoms with Crippen LogP contribution in [0.25, 0.3) is 0 Å². The van der Waals surface area contributed by atoms with Crippen molar-refractivity contribution < 1.29 is 9.15 Å². The molecular formula is C13H17NO2S. The number of aryl methyl sites for hydroxylation is 1. The standard InChI is InChI=1S/C13H17NO2S/c1-11-4-5-13(17-11)9-14-6-8-15-10-12-3-2-7-16-12/h2-5,7,14H,6,8-10H2,1H3. The first-order valence-corrected chi connectivity index (χ1v) is 6.52. The quantitative estimate of drug-likeness (QED) is 0.768. The van der Waals surface area contributed by atoms with Crippen LogP contribution in [-0.2, 0) is 17.9 Å². The van der Waals surface area contributed by atoms with E-state index >= 15 is 0 Å². The van der Waals surface area contributed by atoms with Crippen LogP contribution < -0.4 is 5.32 Å². The Morgan fingerprint density at radius 1 is 1.35 bits per heavy atom. The SMILES string of the molecule is Cc1ccc(CNCCOCc2ccco2)s1. The van der Waals surface area contributed by atoms with E-state index in [1.807, 2.05) is 23.5 Å². The van der Waals surface area contributed by atoms with Crippen LogP contribution in [0.15, 0.2) is 34.9 Å². The van der Waals surface area contributed by atoms with Gasteiger partial charge >= 0.3 is 0 Å². The molecule has 0 radical (unpaired) electrons. The summed E-state index contributed by atoms with van der Waals surface area (Å²) in [4.78, 5) is 2.73. The molecule has 3 nitrogen and oxygen atoms in total. The summed E-state index contributed by atoms with van der Waals surface area (Å²) in [7, 11) is 0. The second kappa shape index (κ2) is 6.59. The van der Waals surface area contributed by atoms with Crippen LogP contribution >= 0.6 is 11.3 Å². The zero-order chi connectivity index (χ0) is 11.9. The summed E-state index contributed by atoms with van der Waals surface area (Å²) in [6.45, 7) is 5.15. The molecule has 0 aliphatic carbocycles. The van der Waals surface area contributed by atoms with Gasteiger partial charge in [0, 0.05) is 22.8 Å². The Balaban J connectivity index is 1.52. The summed E-state index contributed by atoms with van der Waals surface area (Å²) in [6.07, 6.45) is 1.66. The molecule has 0 saturated heterocycles. The van der Waals surface area contributed by atoms with Crippen molar-refractivity contribution in [2.24, 2.45) is 0 Å². The Bertz CT molecular complexity index is 422. The van der Waals surface area contributed by atoms with Crippen molar-refractivity contribution in [3.63, 3.8) is 0 Å². The monoisotopic (exact) mass is 251 g/mol. The molecule has 4 heteroatoms. The molecule has 0 unspecified atom stereocenters. The first-order valence-electron chi connectivity index (χ1n) is 5.71. The second-order valence-corrected chi connectivity index (χ2v) is 5.19. The van der Waals surface area contributed by atoms with Gasteiger partial charge in [-0.25, -0.2) is 0 Å². The Kier molecular flexibility index (Phi) is 4.79. The Labute approximate surface area is 105 Å². The molecule has 0 aromatic carbocycles. The molecule has 0 spiro atoms. The van der Waals surface area contributed by atoms with Gasteiger partial charge in [0.2, 0.25) is 0 Å². The summed E-state index contributed by atoms with van der Waals surface area (Å²) in [5.74, 6) is 0.874. The van der Waals surface area contributed by atoms with E-state index in [0.717, 1.165) is 18.8 Å². The van der Waals surface area contributed by atoms with Crippen LogP contribution in [-0.4, -0.2) is 13.2 Å². The van der Waals surface area contributed by atoms with Gasteiger partial charge in [-0.1, -0.05) is 0 Å². The molecule has 17 heavy (non-hydrogen) atoms. The lowest BCUT2D eigenvalue weighted by molar-refractivity contribution is 0.108. The average Bonchev–Trinajstić information content (AvgIpc) is 2.95. The van der Waals surface area contributed by atoms with Crippen LogP contribution in [0.4, 0.5) is 0 Å². The minimum Gasteiger partial charge on any atom is -0.467 e. The maximum absolute atomic E-state index is 5.47. The number of rotatable bonds is 7. The van der Waals surface area contributed by atoms with Gasteiger partial charge in [-0.3, -0.25) is 0 Å². The van der Waals surface area contributed by atoms with Crippen molar-refractivity contribution in [1.82, 2.24) is 5.32 Å². The van der Waals surface area contributed by atoms with Crippen LogP contribution in [0.3, 0.4) is 0 Å². The molecular weight excluding hydrogens is 234 g/mol. The molecule has 0 atom stereocenters. The summed E-state index contributed by atoms with van der Waals surface area (Å²) in [5.41, 5.74) is 0. The number of nitrogens with one attached hydrogen (secondary N) is 1. The van der Waals surface area contributed by atoms with Crippen molar-refractivity contribution in [2.45, 2.75) is 20.1 Å². The van der Waals surface area contributed by atoms with Gasteiger partial charge in [0.05, 0.1) is 12.9 Å². The normalized spacial score (nSPS) is 10.9. The minimum absolute atomic E-state index is 0.548. The fourth-order valence-electron chi connectivity index (χ4n) is 1.50. The summed E-state index contributed by atoms with van der Waals surface area (Å²) in [5, 5.41) is 3.35. The summed E-state index contributed by atoms with van der Waals surface area (Å²) >= 11 is 1.83. The highest BCUT2D eigenvalue weighted by molar-refractivity contribution is 7.11. The van der Waals surface area contributed by atoms with Crippen molar-refractivity contribution in [2.75, 3.05) is 13.2 Å². The largest absolute Gasteiger partial charge is 0.467 e. The van der Waals surface area contributed by atoms with Gasteiger partial charge < -0.3 is 14.5 Å². The van der Waals surface area contributed by atoms with Crippen molar-refractivity contribution in [3.8, 4) is 0 Å². The zero-order valence-electron chi connectivity index (χ0n) is 9.94. The predicted molar refractivity (Wildman–Crippen MR) is 69.1 cm³/mol. The number of furan rings is 1. The molecule has 0 amide bonds. The smallest absolute Gasteiger partial charge is 0.129 e. The lowest BCUT2D eigenvalue weighted by Gasteiger charge is -2.03. The topological polar surface area (TPSA) is 34.4 Å². The minimum atomic E-state index is 0.548. The van der Waals surface area contributed by atoms with Crippen LogP contribution in [0, 0.1) is 6.92 Å². The van der Waals surface area contributed by atoms with Crippen LogP contribution in [0.5, 0.6) is 0 Å². The van der Waals surface area contributed by atoms with E-state index < -0.39 is 0 Å². The lowest BCUT2D eigenvalue weighted by atomic mass is 10.4. The highest BCUT2D eigenvalue weighted by Crippen LogP contribution is 2.14. The van der Waals surface area contributed by atoms with Crippen molar-refractivity contribution >= 4 is 11.3 Å². The third-order valence-corrected chi connectivity index (χ3v) is 3.34. The summed E-state index contributed by atoms with van der Waals surface area (Å²) in [6, 6.07) is 8.10. The molecule has 2 aromatic rings. The lowest BCUT2D eigenvalue weighted by Crippen LogP contribution is -2.18. The highest BCUT2D eigenvalue weighted by atomic mass is 32.1. The average molecular weight is 251 g/mol. The molecule has 0 aliphatic heterocycles. The molecule has 2 aromatic heterocycles. The third kappa shape index (κ3) is 4.34. The first-order chi connectivity index (χ1) is 8.34. The second-order valence-electron chi connectivity index (χ2n) is 3.82. The van der Waals surface area contributed by atoms with E-state index in [-0.39, 0.29) is 0 Å².